The summed E-state index contributed by atoms with van der Waals surface area (Å²) in [5.41, 5.74) is 9.81. The lowest BCUT2D eigenvalue weighted by molar-refractivity contribution is 0.296. The highest BCUT2D eigenvalue weighted by Gasteiger charge is 2.44. The summed E-state index contributed by atoms with van der Waals surface area (Å²) < 4.78 is 0. The predicted octanol–water partition coefficient (Wildman–Crippen LogP) is 1.83. The van der Waals surface area contributed by atoms with Gasteiger partial charge >= 0.3 is 0 Å². The number of nitrogens with one attached hydrogen (secondary N) is 1. The minimum absolute atomic E-state index is 0.0191. The molecule has 0 spiro atoms. The van der Waals surface area contributed by atoms with Gasteiger partial charge in [0.25, 0.3) is 0 Å². The van der Waals surface area contributed by atoms with Crippen molar-refractivity contribution in [3.05, 3.63) is 45.4 Å². The van der Waals surface area contributed by atoms with Crippen molar-refractivity contribution in [2.24, 2.45) is 11.7 Å². The van der Waals surface area contributed by atoms with Crippen molar-refractivity contribution in [2.75, 3.05) is 0 Å². The fourth-order valence-electron chi connectivity index (χ4n) is 3.63. The van der Waals surface area contributed by atoms with Crippen molar-refractivity contribution in [1.29, 1.82) is 0 Å². The molecule has 90 valence electrons. The van der Waals surface area contributed by atoms with E-state index in [1.54, 1.807) is 6.07 Å². The third kappa shape index (κ3) is 1.42. The molecule has 3 N–H and O–H groups in total. The van der Waals surface area contributed by atoms with Gasteiger partial charge in [-0.2, -0.15) is 0 Å². The topological polar surface area (TPSA) is 58.9 Å². The van der Waals surface area contributed by atoms with Crippen LogP contribution in [0, 0.1) is 5.92 Å². The maximum absolute atomic E-state index is 11.4. The fourth-order valence-corrected chi connectivity index (χ4v) is 3.63. The van der Waals surface area contributed by atoms with Crippen molar-refractivity contribution in [1.82, 2.24) is 4.98 Å². The molecular formula is C14H18N2O. The van der Waals surface area contributed by atoms with E-state index in [-0.39, 0.29) is 11.1 Å². The molecule has 3 rings (SSSR count). The van der Waals surface area contributed by atoms with Gasteiger partial charge in [-0.3, -0.25) is 4.79 Å². The van der Waals surface area contributed by atoms with Crippen LogP contribution >= 0.6 is 0 Å². The summed E-state index contributed by atoms with van der Waals surface area (Å²) in [4.78, 5) is 14.4. The normalized spacial score (nSPS) is 33.5. The second-order valence-corrected chi connectivity index (χ2v) is 5.22. The zero-order valence-corrected chi connectivity index (χ0v) is 10.1. The summed E-state index contributed by atoms with van der Waals surface area (Å²) in [5, 5.41) is 0. The lowest BCUT2D eigenvalue weighted by Crippen LogP contribution is -2.48. The third-order valence-electron chi connectivity index (χ3n) is 4.32. The van der Waals surface area contributed by atoms with E-state index in [0.29, 0.717) is 5.92 Å². The number of allylic oxidation sites excluding steroid dienone is 1. The first-order chi connectivity index (χ1) is 8.15. The van der Waals surface area contributed by atoms with Crippen LogP contribution < -0.4 is 11.3 Å². The molecule has 1 aromatic rings. The first-order valence-corrected chi connectivity index (χ1v) is 6.33. The minimum atomic E-state index is -0.338. The van der Waals surface area contributed by atoms with Gasteiger partial charge in [0.1, 0.15) is 0 Å². The van der Waals surface area contributed by atoms with Gasteiger partial charge in [-0.25, -0.2) is 0 Å². The number of fused-ring (bicyclic) bond motifs is 4. The monoisotopic (exact) mass is 230 g/mol. The van der Waals surface area contributed by atoms with Crippen molar-refractivity contribution in [3.8, 4) is 0 Å². The molecule has 0 aromatic carbocycles. The Bertz CT molecular complexity index is 543. The lowest BCUT2D eigenvalue weighted by atomic mass is 9.62. The van der Waals surface area contributed by atoms with Gasteiger partial charge < -0.3 is 10.7 Å². The van der Waals surface area contributed by atoms with E-state index < -0.39 is 0 Å². The molecule has 0 amide bonds. The number of H-pyrrole nitrogens is 1. The Morgan fingerprint density at radius 3 is 3.12 bits per heavy atom. The van der Waals surface area contributed by atoms with E-state index in [1.807, 2.05) is 6.07 Å². The van der Waals surface area contributed by atoms with E-state index in [9.17, 15) is 4.79 Å². The Kier molecular flexibility index (Phi) is 2.26. The molecule has 0 aliphatic heterocycles. The van der Waals surface area contributed by atoms with E-state index in [2.05, 4.69) is 18.0 Å². The Morgan fingerprint density at radius 1 is 1.53 bits per heavy atom. The van der Waals surface area contributed by atoms with Crippen LogP contribution in [-0.2, 0) is 12.0 Å². The molecule has 3 nitrogen and oxygen atoms in total. The van der Waals surface area contributed by atoms with Gasteiger partial charge in [0, 0.05) is 11.8 Å². The molecule has 0 radical (unpaired) electrons. The number of pyridine rings is 1. The van der Waals surface area contributed by atoms with Crippen LogP contribution in [0.25, 0.3) is 0 Å². The second-order valence-electron chi connectivity index (χ2n) is 5.22. The van der Waals surface area contributed by atoms with Gasteiger partial charge in [-0.15, -0.1) is 0 Å². The van der Waals surface area contributed by atoms with Crippen LogP contribution in [-0.4, -0.2) is 4.98 Å². The van der Waals surface area contributed by atoms with E-state index in [1.165, 1.54) is 18.4 Å². The minimum Gasteiger partial charge on any atom is -0.326 e. The molecule has 2 atom stereocenters. The number of aromatic nitrogens is 1. The van der Waals surface area contributed by atoms with Crippen LogP contribution in [0.2, 0.25) is 0 Å². The molecule has 3 heteroatoms. The van der Waals surface area contributed by atoms with Gasteiger partial charge in [-0.1, -0.05) is 12.5 Å². The molecule has 1 fully saturated rings. The molecule has 17 heavy (non-hydrogen) atoms. The summed E-state index contributed by atoms with van der Waals surface area (Å²) in [5.74, 6) is 0.518. The molecule has 1 saturated carbocycles. The number of hydrogen-bond acceptors (Lipinski definition) is 2. The molecule has 1 aromatic heterocycles. The SMILES string of the molecule is C/C=C1\[C@@H]2CCC[C@]1(N)c1ccc(=O)[nH]c1C2. The number of aromatic amines is 1. The molecule has 2 aliphatic carbocycles. The van der Waals surface area contributed by atoms with Crippen LogP contribution in [0.3, 0.4) is 0 Å². The van der Waals surface area contributed by atoms with Gasteiger partial charge in [0.05, 0.1) is 5.54 Å². The number of hydrogen-bond donors (Lipinski definition) is 2. The Hall–Kier alpha value is -1.35. The molecule has 0 saturated heterocycles. The van der Waals surface area contributed by atoms with Crippen molar-refractivity contribution < 1.29 is 0 Å². The number of nitrogens with two attached hydrogens (primary N) is 1. The molecule has 1 heterocycles. The van der Waals surface area contributed by atoms with Gasteiger partial charge in [-0.05, 0) is 49.3 Å². The maximum atomic E-state index is 11.4. The zero-order chi connectivity index (χ0) is 12.0. The largest absolute Gasteiger partial charge is 0.326 e. The van der Waals surface area contributed by atoms with E-state index in [4.69, 9.17) is 5.73 Å². The summed E-state index contributed by atoms with van der Waals surface area (Å²) in [7, 11) is 0. The van der Waals surface area contributed by atoms with Crippen molar-refractivity contribution in [3.63, 3.8) is 0 Å². The van der Waals surface area contributed by atoms with Crippen molar-refractivity contribution in [2.45, 2.75) is 38.1 Å². The number of rotatable bonds is 0. The first-order valence-electron chi connectivity index (χ1n) is 6.33. The summed E-state index contributed by atoms with van der Waals surface area (Å²) >= 11 is 0. The van der Waals surface area contributed by atoms with Crippen molar-refractivity contribution >= 4 is 0 Å². The molecule has 2 bridgehead atoms. The van der Waals surface area contributed by atoms with Crippen LogP contribution in [0.1, 0.15) is 37.4 Å². The second kappa shape index (κ2) is 3.57. The average molecular weight is 230 g/mol. The molecular weight excluding hydrogens is 212 g/mol. The van der Waals surface area contributed by atoms with Gasteiger partial charge in [0.15, 0.2) is 0 Å². The van der Waals surface area contributed by atoms with Crippen LogP contribution in [0.15, 0.2) is 28.6 Å². The average Bonchev–Trinajstić information content (AvgIpc) is 2.27. The van der Waals surface area contributed by atoms with Crippen LogP contribution in [0.5, 0.6) is 0 Å². The molecule has 2 aliphatic rings. The Morgan fingerprint density at radius 2 is 2.35 bits per heavy atom. The smallest absolute Gasteiger partial charge is 0.248 e. The zero-order valence-electron chi connectivity index (χ0n) is 10.1. The quantitative estimate of drug-likeness (QED) is 0.668. The lowest BCUT2D eigenvalue weighted by Gasteiger charge is -2.46. The molecule has 0 unspecified atom stereocenters. The standard InChI is InChI=1S/C14H18N2O/c1-2-10-9-4-3-7-14(10,15)11-5-6-13(17)16-12(11)8-9/h2,5-6,9H,3-4,7-8,15H2,1H3,(H,16,17)/b10-2+/t9-,14-/m1/s1. The van der Waals surface area contributed by atoms with Crippen LogP contribution in [0.4, 0.5) is 0 Å². The highest BCUT2D eigenvalue weighted by atomic mass is 16.1. The maximum Gasteiger partial charge on any atom is 0.248 e. The van der Waals surface area contributed by atoms with E-state index >= 15 is 0 Å². The third-order valence-corrected chi connectivity index (χ3v) is 4.32. The Labute approximate surface area is 101 Å². The highest BCUT2D eigenvalue weighted by molar-refractivity contribution is 5.44. The first kappa shape index (κ1) is 10.8. The Balaban J connectivity index is 2.25. The van der Waals surface area contributed by atoms with E-state index in [0.717, 1.165) is 24.1 Å². The summed E-state index contributed by atoms with van der Waals surface area (Å²) in [6.45, 7) is 2.08. The van der Waals surface area contributed by atoms with Gasteiger partial charge in [0.2, 0.25) is 5.56 Å². The predicted molar refractivity (Wildman–Crippen MR) is 67.7 cm³/mol. The fraction of sp³-hybridized carbons (Fsp3) is 0.500. The highest BCUT2D eigenvalue weighted by Crippen LogP contribution is 2.48. The summed E-state index contributed by atoms with van der Waals surface area (Å²) in [6, 6.07) is 3.51. The summed E-state index contributed by atoms with van der Waals surface area (Å²) in [6.07, 6.45) is 6.47.